The first-order valence-corrected chi connectivity index (χ1v) is 6.77. The summed E-state index contributed by atoms with van der Waals surface area (Å²) in [6, 6.07) is 10.2. The molecule has 1 amide bonds. The molecule has 0 atom stereocenters. The van der Waals surface area contributed by atoms with E-state index in [2.05, 4.69) is 10.3 Å². The van der Waals surface area contributed by atoms with Gasteiger partial charge in [0.2, 0.25) is 0 Å². The number of aromatic nitrogens is 1. The average Bonchev–Trinajstić information content (AvgIpc) is 2.46. The van der Waals surface area contributed by atoms with E-state index in [1.165, 1.54) is 4.90 Å². The minimum Gasteiger partial charge on any atom is -0.508 e. The third-order valence-electron chi connectivity index (χ3n) is 3.01. The normalized spacial score (nSPS) is 10.5. The molecule has 0 radical (unpaired) electrons. The van der Waals surface area contributed by atoms with Crippen LogP contribution in [0.3, 0.4) is 0 Å². The fourth-order valence-corrected chi connectivity index (χ4v) is 1.94. The summed E-state index contributed by atoms with van der Waals surface area (Å²) in [5, 5.41) is 12.5. The smallest absolute Gasteiger partial charge is 0.261 e. The fraction of sp³-hybridized carbons (Fsp3) is 0.250. The molecular formula is C16H19N3O2. The zero-order valence-electron chi connectivity index (χ0n) is 12.4. The largest absolute Gasteiger partial charge is 0.508 e. The van der Waals surface area contributed by atoms with Gasteiger partial charge in [-0.15, -0.1) is 0 Å². The monoisotopic (exact) mass is 285 g/mol. The number of carbonyl (C=O) groups excluding carboxylic acids is 1. The Bertz CT molecular complexity index is 624. The van der Waals surface area contributed by atoms with Crippen molar-refractivity contribution < 1.29 is 9.90 Å². The lowest BCUT2D eigenvalue weighted by Gasteiger charge is -2.20. The molecule has 21 heavy (non-hydrogen) atoms. The Morgan fingerprint density at radius 2 is 1.90 bits per heavy atom. The molecule has 2 aromatic rings. The van der Waals surface area contributed by atoms with E-state index in [-0.39, 0.29) is 17.7 Å². The number of nitrogens with zero attached hydrogens (tertiary/aromatic N) is 2. The molecule has 2 N–H and O–H groups in total. The molecule has 1 aromatic carbocycles. The third kappa shape index (κ3) is 3.51. The highest BCUT2D eigenvalue weighted by molar-refractivity contribution is 6.08. The average molecular weight is 285 g/mol. The molecule has 5 nitrogen and oxygen atoms in total. The molecule has 0 aliphatic rings. The maximum Gasteiger partial charge on any atom is 0.261 e. The number of pyridine rings is 1. The van der Waals surface area contributed by atoms with Crippen LogP contribution in [0.25, 0.3) is 0 Å². The molecule has 110 valence electrons. The SMILES string of the molecule is CC(C)Nc1ncccc1C(=O)N(C)c1ccc(O)cc1. The molecule has 0 aliphatic carbocycles. The van der Waals surface area contributed by atoms with E-state index in [0.29, 0.717) is 17.1 Å². The third-order valence-corrected chi connectivity index (χ3v) is 3.01. The molecular weight excluding hydrogens is 266 g/mol. The molecule has 0 saturated carbocycles. The van der Waals surface area contributed by atoms with Gasteiger partial charge in [-0.2, -0.15) is 0 Å². The van der Waals surface area contributed by atoms with E-state index in [1.54, 1.807) is 49.6 Å². The number of phenolic OH excluding ortho intramolecular Hbond substituents is 1. The number of rotatable bonds is 4. The Balaban J connectivity index is 2.29. The minimum absolute atomic E-state index is 0.156. The van der Waals surface area contributed by atoms with Crippen LogP contribution in [0, 0.1) is 0 Å². The zero-order valence-corrected chi connectivity index (χ0v) is 12.4. The first-order chi connectivity index (χ1) is 9.99. The summed E-state index contributed by atoms with van der Waals surface area (Å²) in [5.41, 5.74) is 1.22. The van der Waals surface area contributed by atoms with Crippen molar-refractivity contribution in [1.82, 2.24) is 4.98 Å². The lowest BCUT2D eigenvalue weighted by molar-refractivity contribution is 0.0993. The molecule has 0 saturated heterocycles. The Morgan fingerprint density at radius 3 is 2.52 bits per heavy atom. The number of anilines is 2. The molecule has 0 aliphatic heterocycles. The topological polar surface area (TPSA) is 65.5 Å². The number of nitrogens with one attached hydrogen (secondary N) is 1. The number of aromatic hydroxyl groups is 1. The molecule has 0 fully saturated rings. The van der Waals surface area contributed by atoms with Gasteiger partial charge in [-0.25, -0.2) is 4.98 Å². The van der Waals surface area contributed by atoms with E-state index >= 15 is 0 Å². The first-order valence-electron chi connectivity index (χ1n) is 6.77. The van der Waals surface area contributed by atoms with Gasteiger partial charge < -0.3 is 15.3 Å². The Kier molecular flexibility index (Phi) is 4.42. The van der Waals surface area contributed by atoms with E-state index in [9.17, 15) is 9.90 Å². The molecule has 0 unspecified atom stereocenters. The van der Waals surface area contributed by atoms with Crippen LogP contribution in [-0.4, -0.2) is 29.1 Å². The second-order valence-electron chi connectivity index (χ2n) is 5.08. The minimum atomic E-state index is -0.156. The first kappa shape index (κ1) is 14.8. The maximum atomic E-state index is 12.6. The van der Waals surface area contributed by atoms with E-state index in [1.807, 2.05) is 13.8 Å². The van der Waals surface area contributed by atoms with Gasteiger partial charge in [-0.05, 0) is 50.2 Å². The summed E-state index contributed by atoms with van der Waals surface area (Å²) in [7, 11) is 1.70. The summed E-state index contributed by atoms with van der Waals surface area (Å²) in [5.74, 6) is 0.586. The van der Waals surface area contributed by atoms with Gasteiger partial charge >= 0.3 is 0 Å². The van der Waals surface area contributed by atoms with E-state index in [4.69, 9.17) is 0 Å². The van der Waals surface area contributed by atoms with Crippen molar-refractivity contribution in [3.05, 3.63) is 48.2 Å². The quantitative estimate of drug-likeness (QED) is 0.906. The van der Waals surface area contributed by atoms with Crippen LogP contribution in [0.5, 0.6) is 5.75 Å². The number of benzene rings is 1. The fourth-order valence-electron chi connectivity index (χ4n) is 1.94. The van der Waals surface area contributed by atoms with Gasteiger partial charge in [0.25, 0.3) is 5.91 Å². The molecule has 0 spiro atoms. The van der Waals surface area contributed by atoms with Crippen molar-refractivity contribution >= 4 is 17.4 Å². The molecule has 2 rings (SSSR count). The summed E-state index contributed by atoms with van der Waals surface area (Å²) < 4.78 is 0. The summed E-state index contributed by atoms with van der Waals surface area (Å²) >= 11 is 0. The van der Waals surface area contributed by atoms with Crippen molar-refractivity contribution in [3.8, 4) is 5.75 Å². The number of carbonyl (C=O) groups is 1. The predicted octanol–water partition coefficient (Wildman–Crippen LogP) is 2.88. The van der Waals surface area contributed by atoms with Gasteiger partial charge in [-0.1, -0.05) is 0 Å². The second-order valence-corrected chi connectivity index (χ2v) is 5.08. The van der Waals surface area contributed by atoms with Crippen molar-refractivity contribution in [2.24, 2.45) is 0 Å². The van der Waals surface area contributed by atoms with Crippen LogP contribution in [0.4, 0.5) is 11.5 Å². The molecule has 1 aromatic heterocycles. The van der Waals surface area contributed by atoms with Gasteiger partial charge in [0.05, 0.1) is 5.56 Å². The van der Waals surface area contributed by atoms with E-state index < -0.39 is 0 Å². The number of phenols is 1. The second kappa shape index (κ2) is 6.26. The van der Waals surface area contributed by atoms with Crippen LogP contribution < -0.4 is 10.2 Å². The number of hydrogen-bond donors (Lipinski definition) is 2. The highest BCUT2D eigenvalue weighted by Crippen LogP contribution is 2.21. The lowest BCUT2D eigenvalue weighted by atomic mass is 10.2. The van der Waals surface area contributed by atoms with Gasteiger partial charge in [0.15, 0.2) is 0 Å². The van der Waals surface area contributed by atoms with Crippen LogP contribution in [0.15, 0.2) is 42.6 Å². The molecule has 1 heterocycles. The van der Waals surface area contributed by atoms with Crippen molar-refractivity contribution in [1.29, 1.82) is 0 Å². The van der Waals surface area contributed by atoms with E-state index in [0.717, 1.165) is 0 Å². The summed E-state index contributed by atoms with van der Waals surface area (Å²) in [6.45, 7) is 3.99. The van der Waals surface area contributed by atoms with Gasteiger partial charge in [0.1, 0.15) is 11.6 Å². The molecule has 5 heteroatoms. The van der Waals surface area contributed by atoms with Crippen LogP contribution >= 0.6 is 0 Å². The highest BCUT2D eigenvalue weighted by atomic mass is 16.3. The maximum absolute atomic E-state index is 12.6. The van der Waals surface area contributed by atoms with Crippen LogP contribution in [-0.2, 0) is 0 Å². The number of amides is 1. The van der Waals surface area contributed by atoms with Gasteiger partial charge in [0, 0.05) is 25.0 Å². The molecule has 0 bridgehead atoms. The Labute approximate surface area is 124 Å². The van der Waals surface area contributed by atoms with Crippen molar-refractivity contribution in [3.63, 3.8) is 0 Å². The van der Waals surface area contributed by atoms with Crippen molar-refractivity contribution in [2.75, 3.05) is 17.3 Å². The standard InChI is InChI=1S/C16H19N3O2/c1-11(2)18-15-14(5-4-10-17-15)16(21)19(3)12-6-8-13(20)9-7-12/h4-11,20H,1-3H3,(H,17,18). The highest BCUT2D eigenvalue weighted by Gasteiger charge is 2.18. The zero-order chi connectivity index (χ0) is 15.4. The Hall–Kier alpha value is -2.56. The van der Waals surface area contributed by atoms with Crippen LogP contribution in [0.2, 0.25) is 0 Å². The van der Waals surface area contributed by atoms with Crippen LogP contribution in [0.1, 0.15) is 24.2 Å². The predicted molar refractivity (Wildman–Crippen MR) is 83.8 cm³/mol. The Morgan fingerprint density at radius 1 is 1.24 bits per heavy atom. The lowest BCUT2D eigenvalue weighted by Crippen LogP contribution is -2.28. The van der Waals surface area contributed by atoms with Crippen molar-refractivity contribution in [2.45, 2.75) is 19.9 Å². The van der Waals surface area contributed by atoms with Gasteiger partial charge in [-0.3, -0.25) is 4.79 Å². The number of hydrogen-bond acceptors (Lipinski definition) is 4. The summed E-state index contributed by atoms with van der Waals surface area (Å²) in [6.07, 6.45) is 1.65. The summed E-state index contributed by atoms with van der Waals surface area (Å²) in [4.78, 5) is 18.4.